The van der Waals surface area contributed by atoms with E-state index in [4.69, 9.17) is 9.47 Å². The quantitative estimate of drug-likeness (QED) is 0.783. The maximum atomic E-state index is 11.7. The molecule has 0 aliphatic carbocycles. The van der Waals surface area contributed by atoms with Gasteiger partial charge in [-0.15, -0.1) is 0 Å². The van der Waals surface area contributed by atoms with E-state index in [1.165, 1.54) is 18.2 Å². The van der Waals surface area contributed by atoms with Gasteiger partial charge in [0, 0.05) is 0 Å². The van der Waals surface area contributed by atoms with Crippen LogP contribution in [0.5, 0.6) is 0 Å². The van der Waals surface area contributed by atoms with Gasteiger partial charge in [-0.2, -0.15) is 0 Å². The van der Waals surface area contributed by atoms with Crippen molar-refractivity contribution < 1.29 is 14.3 Å². The highest BCUT2D eigenvalue weighted by molar-refractivity contribution is 5.99. The van der Waals surface area contributed by atoms with Crippen LogP contribution in [0.3, 0.4) is 0 Å². The molecule has 0 fully saturated rings. The molecule has 2 aromatic carbocycles. The van der Waals surface area contributed by atoms with Gasteiger partial charge in [0.25, 0.3) is 0 Å². The molecule has 0 saturated heterocycles. The van der Waals surface area contributed by atoms with E-state index >= 15 is 0 Å². The minimum absolute atomic E-state index is 0.303. The number of methoxy groups -OCH3 is 1. The van der Waals surface area contributed by atoms with Gasteiger partial charge in [-0.3, -0.25) is 0 Å². The second kappa shape index (κ2) is 5.47. The maximum absolute atomic E-state index is 11.7. The van der Waals surface area contributed by atoms with E-state index in [-0.39, 0.29) is 5.97 Å². The molecule has 3 heteroatoms. The SMILES string of the molecule is COC(=O)c1ccc2cccc(C3=CCOCC3)c2c1. The topological polar surface area (TPSA) is 35.5 Å². The summed E-state index contributed by atoms with van der Waals surface area (Å²) >= 11 is 0. The van der Waals surface area contributed by atoms with E-state index in [2.05, 4.69) is 18.2 Å². The Bertz CT molecular complexity index is 686. The summed E-state index contributed by atoms with van der Waals surface area (Å²) < 4.78 is 10.2. The van der Waals surface area contributed by atoms with Crippen molar-refractivity contribution in [2.24, 2.45) is 0 Å². The predicted octanol–water partition coefficient (Wildman–Crippen LogP) is 3.43. The van der Waals surface area contributed by atoms with Crippen molar-refractivity contribution >= 4 is 22.3 Å². The molecule has 0 radical (unpaired) electrons. The Balaban J connectivity index is 2.16. The Labute approximate surface area is 117 Å². The first-order valence-electron chi connectivity index (χ1n) is 6.68. The largest absolute Gasteiger partial charge is 0.465 e. The smallest absolute Gasteiger partial charge is 0.337 e. The molecule has 0 saturated carbocycles. The van der Waals surface area contributed by atoms with Crippen LogP contribution < -0.4 is 0 Å². The molecule has 3 rings (SSSR count). The van der Waals surface area contributed by atoms with Crippen LogP contribution >= 0.6 is 0 Å². The molecule has 0 amide bonds. The summed E-state index contributed by atoms with van der Waals surface area (Å²) in [5.74, 6) is -0.303. The molecule has 1 heterocycles. The highest BCUT2D eigenvalue weighted by Crippen LogP contribution is 2.29. The molecule has 0 unspecified atom stereocenters. The number of hydrogen-bond acceptors (Lipinski definition) is 3. The lowest BCUT2D eigenvalue weighted by Gasteiger charge is -2.16. The first kappa shape index (κ1) is 12.9. The molecule has 1 aliphatic rings. The Kier molecular flexibility index (Phi) is 3.52. The summed E-state index contributed by atoms with van der Waals surface area (Å²) in [6.45, 7) is 1.40. The third-order valence-electron chi connectivity index (χ3n) is 3.61. The second-order valence-electron chi connectivity index (χ2n) is 4.79. The second-order valence-corrected chi connectivity index (χ2v) is 4.79. The van der Waals surface area contributed by atoms with Crippen molar-refractivity contribution in [3.8, 4) is 0 Å². The standard InChI is InChI=1S/C17H16O3/c1-19-17(18)14-6-5-12-3-2-4-15(16(12)11-14)13-7-9-20-10-8-13/h2-7,11H,8-10H2,1H3. The number of esters is 1. The third-order valence-corrected chi connectivity index (χ3v) is 3.61. The predicted molar refractivity (Wildman–Crippen MR) is 78.7 cm³/mol. The fourth-order valence-corrected chi connectivity index (χ4v) is 2.57. The average molecular weight is 268 g/mol. The van der Waals surface area contributed by atoms with E-state index in [0.29, 0.717) is 12.2 Å². The van der Waals surface area contributed by atoms with Crippen molar-refractivity contribution in [3.63, 3.8) is 0 Å². The van der Waals surface area contributed by atoms with Crippen LogP contribution in [0, 0.1) is 0 Å². The molecule has 0 aromatic heterocycles. The monoisotopic (exact) mass is 268 g/mol. The number of carbonyl (C=O) groups is 1. The van der Waals surface area contributed by atoms with Gasteiger partial charge in [-0.25, -0.2) is 4.79 Å². The third kappa shape index (κ3) is 2.32. The summed E-state index contributed by atoms with van der Waals surface area (Å²) in [5.41, 5.74) is 3.04. The number of carbonyl (C=O) groups excluding carboxylic acids is 1. The highest BCUT2D eigenvalue weighted by Gasteiger charge is 2.12. The summed E-state index contributed by atoms with van der Waals surface area (Å²) in [5, 5.41) is 2.21. The van der Waals surface area contributed by atoms with E-state index in [9.17, 15) is 4.79 Å². The number of ether oxygens (including phenoxy) is 2. The van der Waals surface area contributed by atoms with Crippen LogP contribution in [0.2, 0.25) is 0 Å². The Morgan fingerprint density at radius 2 is 2.15 bits per heavy atom. The molecule has 2 aromatic rings. The number of fused-ring (bicyclic) bond motifs is 1. The van der Waals surface area contributed by atoms with Gasteiger partial charge in [-0.1, -0.05) is 30.3 Å². The molecule has 0 atom stereocenters. The van der Waals surface area contributed by atoms with Crippen molar-refractivity contribution in [2.45, 2.75) is 6.42 Å². The van der Waals surface area contributed by atoms with Gasteiger partial charge >= 0.3 is 5.97 Å². The Hall–Kier alpha value is -2.13. The lowest BCUT2D eigenvalue weighted by atomic mass is 9.94. The Morgan fingerprint density at radius 1 is 1.25 bits per heavy atom. The van der Waals surface area contributed by atoms with E-state index in [0.717, 1.165) is 23.8 Å². The number of hydrogen-bond donors (Lipinski definition) is 0. The normalized spacial score (nSPS) is 14.9. The lowest BCUT2D eigenvalue weighted by Crippen LogP contribution is -2.04. The van der Waals surface area contributed by atoms with Gasteiger partial charge in [-0.05, 0) is 40.5 Å². The minimum Gasteiger partial charge on any atom is -0.465 e. The first-order valence-corrected chi connectivity index (χ1v) is 6.68. The molecule has 20 heavy (non-hydrogen) atoms. The Morgan fingerprint density at radius 3 is 2.90 bits per heavy atom. The molecule has 102 valence electrons. The van der Waals surface area contributed by atoms with Gasteiger partial charge in [0.05, 0.1) is 25.9 Å². The van der Waals surface area contributed by atoms with Crippen LogP contribution in [0.4, 0.5) is 0 Å². The molecular weight excluding hydrogens is 252 g/mol. The van der Waals surface area contributed by atoms with E-state index < -0.39 is 0 Å². The summed E-state index contributed by atoms with van der Waals surface area (Å²) in [4.78, 5) is 11.7. The van der Waals surface area contributed by atoms with Crippen LogP contribution in [0.1, 0.15) is 22.3 Å². The fraction of sp³-hybridized carbons (Fsp3) is 0.235. The first-order chi connectivity index (χ1) is 9.79. The van der Waals surface area contributed by atoms with E-state index in [1.807, 2.05) is 18.2 Å². The van der Waals surface area contributed by atoms with Gasteiger partial charge < -0.3 is 9.47 Å². The molecule has 0 spiro atoms. The molecule has 1 aliphatic heterocycles. The summed E-state index contributed by atoms with van der Waals surface area (Å²) in [6.07, 6.45) is 3.02. The van der Waals surface area contributed by atoms with Gasteiger partial charge in [0.1, 0.15) is 0 Å². The fourth-order valence-electron chi connectivity index (χ4n) is 2.57. The molecule has 0 N–H and O–H groups in total. The van der Waals surface area contributed by atoms with E-state index in [1.54, 1.807) is 6.07 Å². The van der Waals surface area contributed by atoms with Crippen LogP contribution in [-0.2, 0) is 9.47 Å². The average Bonchev–Trinajstić information content (AvgIpc) is 2.54. The van der Waals surface area contributed by atoms with Crippen LogP contribution in [0.15, 0.2) is 42.5 Å². The summed E-state index contributed by atoms with van der Waals surface area (Å²) in [6, 6.07) is 11.9. The van der Waals surface area contributed by atoms with Crippen molar-refractivity contribution in [3.05, 3.63) is 53.6 Å². The summed E-state index contributed by atoms with van der Waals surface area (Å²) in [7, 11) is 1.40. The zero-order valence-electron chi connectivity index (χ0n) is 11.4. The zero-order valence-corrected chi connectivity index (χ0v) is 11.4. The van der Waals surface area contributed by atoms with Crippen molar-refractivity contribution in [1.82, 2.24) is 0 Å². The van der Waals surface area contributed by atoms with Crippen LogP contribution in [0.25, 0.3) is 16.3 Å². The van der Waals surface area contributed by atoms with Gasteiger partial charge in [0.15, 0.2) is 0 Å². The molecular formula is C17H16O3. The van der Waals surface area contributed by atoms with Crippen molar-refractivity contribution in [2.75, 3.05) is 20.3 Å². The maximum Gasteiger partial charge on any atom is 0.337 e. The molecule has 0 bridgehead atoms. The number of benzene rings is 2. The van der Waals surface area contributed by atoms with Crippen LogP contribution in [-0.4, -0.2) is 26.3 Å². The van der Waals surface area contributed by atoms with Crippen molar-refractivity contribution in [1.29, 1.82) is 0 Å². The number of rotatable bonds is 2. The zero-order chi connectivity index (χ0) is 13.9. The van der Waals surface area contributed by atoms with Gasteiger partial charge in [0.2, 0.25) is 0 Å². The minimum atomic E-state index is -0.303. The highest BCUT2D eigenvalue weighted by atomic mass is 16.5. The lowest BCUT2D eigenvalue weighted by molar-refractivity contribution is 0.0601. The molecule has 3 nitrogen and oxygen atoms in total.